The van der Waals surface area contributed by atoms with Crippen molar-refractivity contribution in [1.29, 1.82) is 0 Å². The molecule has 0 aromatic carbocycles. The first-order chi connectivity index (χ1) is 6.68. The van der Waals surface area contributed by atoms with E-state index in [1.54, 1.807) is 4.68 Å². The lowest BCUT2D eigenvalue weighted by atomic mass is 9.95. The third-order valence-corrected chi connectivity index (χ3v) is 2.68. The zero-order valence-electron chi connectivity index (χ0n) is 10.6. The second-order valence-electron chi connectivity index (χ2n) is 5.40. The van der Waals surface area contributed by atoms with Gasteiger partial charge in [0.05, 0.1) is 5.54 Å². The minimum Gasteiger partial charge on any atom is -0.319 e. The highest BCUT2D eigenvalue weighted by atomic mass is 15.3. The lowest BCUT2D eigenvalue weighted by Gasteiger charge is -2.20. The Balaban J connectivity index is 3.18. The van der Waals surface area contributed by atoms with Gasteiger partial charge in [0.1, 0.15) is 5.82 Å². The SMILES string of the molecule is CCC(C)(N)c1nc(C(C)(C)C)nn1C. The molecule has 2 N–H and O–H groups in total. The Morgan fingerprint density at radius 1 is 1.27 bits per heavy atom. The first kappa shape index (κ1) is 12.2. The van der Waals surface area contributed by atoms with E-state index in [2.05, 4.69) is 37.8 Å². The highest BCUT2D eigenvalue weighted by Crippen LogP contribution is 2.23. The molecule has 1 atom stereocenters. The number of hydrogen-bond donors (Lipinski definition) is 1. The summed E-state index contributed by atoms with van der Waals surface area (Å²) < 4.78 is 1.80. The summed E-state index contributed by atoms with van der Waals surface area (Å²) in [6.45, 7) is 10.4. The largest absolute Gasteiger partial charge is 0.319 e. The Labute approximate surface area is 91.9 Å². The Morgan fingerprint density at radius 3 is 2.13 bits per heavy atom. The zero-order chi connectivity index (χ0) is 11.9. The predicted octanol–water partition coefficient (Wildman–Crippen LogP) is 1.70. The number of nitrogens with two attached hydrogens (primary N) is 1. The van der Waals surface area contributed by atoms with Gasteiger partial charge in [-0.05, 0) is 13.3 Å². The van der Waals surface area contributed by atoms with Crippen LogP contribution in [0.25, 0.3) is 0 Å². The molecule has 86 valence electrons. The maximum Gasteiger partial charge on any atom is 0.156 e. The fraction of sp³-hybridized carbons (Fsp3) is 0.818. The summed E-state index contributed by atoms with van der Waals surface area (Å²) in [7, 11) is 1.90. The predicted molar refractivity (Wildman–Crippen MR) is 61.5 cm³/mol. The standard InChI is InChI=1S/C11H22N4/c1-7-11(5,12)9-13-8(10(2,3)4)14-15(9)6/h7,12H2,1-6H3. The van der Waals surface area contributed by atoms with E-state index in [4.69, 9.17) is 5.73 Å². The normalized spacial score (nSPS) is 16.5. The van der Waals surface area contributed by atoms with E-state index in [0.29, 0.717) is 0 Å². The molecule has 0 saturated carbocycles. The lowest BCUT2D eigenvalue weighted by Crippen LogP contribution is -2.35. The minimum absolute atomic E-state index is 0.0279. The minimum atomic E-state index is -0.398. The molecule has 1 unspecified atom stereocenters. The van der Waals surface area contributed by atoms with Gasteiger partial charge < -0.3 is 5.73 Å². The van der Waals surface area contributed by atoms with Gasteiger partial charge in [-0.3, -0.25) is 4.68 Å². The maximum atomic E-state index is 6.17. The Kier molecular flexibility index (Phi) is 2.92. The van der Waals surface area contributed by atoms with E-state index < -0.39 is 5.54 Å². The molecule has 1 heterocycles. The second kappa shape index (κ2) is 3.59. The number of aromatic nitrogens is 3. The van der Waals surface area contributed by atoms with E-state index >= 15 is 0 Å². The number of rotatable bonds is 2. The van der Waals surface area contributed by atoms with E-state index in [-0.39, 0.29) is 5.41 Å². The van der Waals surface area contributed by atoms with Gasteiger partial charge in [0.15, 0.2) is 5.82 Å². The topological polar surface area (TPSA) is 56.7 Å². The lowest BCUT2D eigenvalue weighted by molar-refractivity contribution is 0.423. The highest BCUT2D eigenvalue weighted by molar-refractivity contribution is 5.09. The molecule has 0 aliphatic heterocycles. The van der Waals surface area contributed by atoms with E-state index in [0.717, 1.165) is 18.1 Å². The third kappa shape index (κ3) is 2.37. The van der Waals surface area contributed by atoms with Crippen LogP contribution in [0.2, 0.25) is 0 Å². The highest BCUT2D eigenvalue weighted by Gasteiger charge is 2.28. The molecule has 0 spiro atoms. The molecule has 1 rings (SSSR count). The Hall–Kier alpha value is -0.900. The van der Waals surface area contributed by atoms with Crippen molar-refractivity contribution in [3.63, 3.8) is 0 Å². The van der Waals surface area contributed by atoms with Crippen molar-refractivity contribution in [2.24, 2.45) is 12.8 Å². The Bertz CT molecular complexity index is 344. The first-order valence-corrected chi connectivity index (χ1v) is 5.39. The van der Waals surface area contributed by atoms with Crippen molar-refractivity contribution in [2.75, 3.05) is 0 Å². The fourth-order valence-corrected chi connectivity index (χ4v) is 1.36. The maximum absolute atomic E-state index is 6.17. The van der Waals surface area contributed by atoms with Crippen LogP contribution in [0.3, 0.4) is 0 Å². The quantitative estimate of drug-likeness (QED) is 0.808. The molecule has 0 saturated heterocycles. The van der Waals surface area contributed by atoms with Crippen LogP contribution in [0.5, 0.6) is 0 Å². The summed E-state index contributed by atoms with van der Waals surface area (Å²) in [5.41, 5.74) is 5.75. The van der Waals surface area contributed by atoms with Crippen LogP contribution in [-0.2, 0) is 18.0 Å². The molecule has 0 radical (unpaired) electrons. The average Bonchev–Trinajstić information content (AvgIpc) is 2.47. The van der Waals surface area contributed by atoms with Crippen LogP contribution in [0, 0.1) is 0 Å². The summed E-state index contributed by atoms with van der Waals surface area (Å²) in [5, 5.41) is 4.42. The van der Waals surface area contributed by atoms with E-state index in [1.807, 2.05) is 14.0 Å². The second-order valence-corrected chi connectivity index (χ2v) is 5.40. The van der Waals surface area contributed by atoms with Gasteiger partial charge in [-0.1, -0.05) is 27.7 Å². The zero-order valence-corrected chi connectivity index (χ0v) is 10.6. The van der Waals surface area contributed by atoms with Gasteiger partial charge in [-0.15, -0.1) is 0 Å². The van der Waals surface area contributed by atoms with Gasteiger partial charge in [0.25, 0.3) is 0 Å². The number of nitrogens with zero attached hydrogens (tertiary/aromatic N) is 3. The Morgan fingerprint density at radius 2 is 1.80 bits per heavy atom. The summed E-state index contributed by atoms with van der Waals surface area (Å²) in [4.78, 5) is 4.55. The molecule has 0 bridgehead atoms. The molecule has 4 heteroatoms. The first-order valence-electron chi connectivity index (χ1n) is 5.39. The van der Waals surface area contributed by atoms with Crippen LogP contribution < -0.4 is 5.73 Å². The van der Waals surface area contributed by atoms with Crippen molar-refractivity contribution in [2.45, 2.75) is 52.0 Å². The van der Waals surface area contributed by atoms with Crippen LogP contribution in [-0.4, -0.2) is 14.8 Å². The fourth-order valence-electron chi connectivity index (χ4n) is 1.36. The summed E-state index contributed by atoms with van der Waals surface area (Å²) in [6, 6.07) is 0. The van der Waals surface area contributed by atoms with E-state index in [9.17, 15) is 0 Å². The molecule has 0 aliphatic rings. The van der Waals surface area contributed by atoms with Gasteiger partial charge in [-0.25, -0.2) is 4.98 Å². The van der Waals surface area contributed by atoms with Crippen LogP contribution >= 0.6 is 0 Å². The number of aryl methyl sites for hydroxylation is 1. The molecule has 4 nitrogen and oxygen atoms in total. The van der Waals surface area contributed by atoms with Crippen LogP contribution in [0.15, 0.2) is 0 Å². The molecular formula is C11H22N4. The average molecular weight is 210 g/mol. The van der Waals surface area contributed by atoms with Crippen molar-refractivity contribution >= 4 is 0 Å². The van der Waals surface area contributed by atoms with Crippen molar-refractivity contribution in [1.82, 2.24) is 14.8 Å². The number of hydrogen-bond acceptors (Lipinski definition) is 3. The summed E-state index contributed by atoms with van der Waals surface area (Å²) >= 11 is 0. The van der Waals surface area contributed by atoms with Crippen molar-refractivity contribution < 1.29 is 0 Å². The molecular weight excluding hydrogens is 188 g/mol. The molecule has 15 heavy (non-hydrogen) atoms. The summed E-state index contributed by atoms with van der Waals surface area (Å²) in [6.07, 6.45) is 0.850. The summed E-state index contributed by atoms with van der Waals surface area (Å²) in [5.74, 6) is 1.71. The van der Waals surface area contributed by atoms with Crippen LogP contribution in [0.1, 0.15) is 52.7 Å². The smallest absolute Gasteiger partial charge is 0.156 e. The third-order valence-electron chi connectivity index (χ3n) is 2.68. The van der Waals surface area contributed by atoms with Gasteiger partial charge in [-0.2, -0.15) is 5.10 Å². The molecule has 0 fully saturated rings. The van der Waals surface area contributed by atoms with Gasteiger partial charge in [0.2, 0.25) is 0 Å². The van der Waals surface area contributed by atoms with Gasteiger partial charge >= 0.3 is 0 Å². The monoisotopic (exact) mass is 210 g/mol. The van der Waals surface area contributed by atoms with Crippen molar-refractivity contribution in [3.05, 3.63) is 11.6 Å². The molecule has 0 amide bonds. The molecule has 1 aromatic rings. The molecule has 1 aromatic heterocycles. The molecule has 0 aliphatic carbocycles. The van der Waals surface area contributed by atoms with Crippen LogP contribution in [0.4, 0.5) is 0 Å². The van der Waals surface area contributed by atoms with Crippen molar-refractivity contribution in [3.8, 4) is 0 Å². The van der Waals surface area contributed by atoms with E-state index in [1.165, 1.54) is 0 Å². The van der Waals surface area contributed by atoms with Gasteiger partial charge in [0, 0.05) is 12.5 Å².